The van der Waals surface area contributed by atoms with Crippen LogP contribution in [0.15, 0.2) is 0 Å². The van der Waals surface area contributed by atoms with Crippen LogP contribution < -0.4 is 5.32 Å². The number of nitrogens with one attached hydrogen (secondary N) is 1. The smallest absolute Gasteiger partial charge is 0.0952 e. The highest BCUT2D eigenvalue weighted by molar-refractivity contribution is 4.97. The van der Waals surface area contributed by atoms with Crippen LogP contribution in [0.5, 0.6) is 0 Å². The van der Waals surface area contributed by atoms with Crippen molar-refractivity contribution >= 4 is 0 Å². The molecule has 2 heterocycles. The number of piperidine rings is 1. The van der Waals surface area contributed by atoms with Crippen LogP contribution in [0, 0.1) is 0 Å². The molecule has 10 heavy (non-hydrogen) atoms. The Labute approximate surface area is 60.1 Å². The summed E-state index contributed by atoms with van der Waals surface area (Å²) in [6, 6.07) is 0.622. The first-order chi connectivity index (χ1) is 4.77. The first-order valence-electron chi connectivity index (χ1n) is 3.89. The number of rotatable bonds is 0. The van der Waals surface area contributed by atoms with Crippen molar-refractivity contribution in [3.8, 4) is 0 Å². The van der Waals surface area contributed by atoms with E-state index in [1.54, 1.807) is 0 Å². The summed E-state index contributed by atoms with van der Waals surface area (Å²) >= 11 is 0. The van der Waals surface area contributed by atoms with Gasteiger partial charge in [0.05, 0.1) is 12.2 Å². The quantitative estimate of drug-likeness (QED) is 0.417. The molecule has 4 atom stereocenters. The summed E-state index contributed by atoms with van der Waals surface area (Å²) in [6.45, 7) is 0. The lowest BCUT2D eigenvalue weighted by atomic mass is 10.00. The summed E-state index contributed by atoms with van der Waals surface area (Å²) in [7, 11) is 0. The molecule has 2 fully saturated rings. The summed E-state index contributed by atoms with van der Waals surface area (Å²) < 4.78 is 0. The minimum atomic E-state index is -0.529. The van der Waals surface area contributed by atoms with Gasteiger partial charge in [0.1, 0.15) is 0 Å². The standard InChI is InChI=1S/C7H13NO2/c9-6-3-4-1-2-5(8-4)7(6)10/h4-10H,1-3H2/t4-,5+,6-,7+/m0/s1. The SMILES string of the molecule is O[C@H]1[C@@H](O)C[C@@H]2CC[C@H]1N2. The van der Waals surface area contributed by atoms with Crippen molar-refractivity contribution in [2.24, 2.45) is 0 Å². The lowest BCUT2D eigenvalue weighted by molar-refractivity contribution is -0.0237. The summed E-state index contributed by atoms with van der Waals surface area (Å²) in [5.74, 6) is 0. The van der Waals surface area contributed by atoms with E-state index in [2.05, 4.69) is 5.32 Å². The van der Waals surface area contributed by atoms with Crippen LogP contribution in [0.25, 0.3) is 0 Å². The first-order valence-corrected chi connectivity index (χ1v) is 3.89. The molecule has 3 nitrogen and oxygen atoms in total. The molecule has 2 aliphatic rings. The van der Waals surface area contributed by atoms with Gasteiger partial charge in [0.2, 0.25) is 0 Å². The van der Waals surface area contributed by atoms with Gasteiger partial charge in [0, 0.05) is 12.1 Å². The Morgan fingerprint density at radius 2 is 2.00 bits per heavy atom. The van der Waals surface area contributed by atoms with Crippen LogP contribution in [0.1, 0.15) is 19.3 Å². The third-order valence-corrected chi connectivity index (χ3v) is 2.61. The van der Waals surface area contributed by atoms with Gasteiger partial charge in [0.25, 0.3) is 0 Å². The molecule has 0 aromatic rings. The molecule has 2 aliphatic heterocycles. The largest absolute Gasteiger partial charge is 0.390 e. The molecule has 0 spiro atoms. The average molecular weight is 143 g/mol. The zero-order chi connectivity index (χ0) is 7.14. The van der Waals surface area contributed by atoms with E-state index in [9.17, 15) is 10.2 Å². The van der Waals surface area contributed by atoms with E-state index < -0.39 is 12.2 Å². The fourth-order valence-corrected chi connectivity index (χ4v) is 2.00. The second kappa shape index (κ2) is 2.19. The molecule has 0 amide bonds. The van der Waals surface area contributed by atoms with Gasteiger partial charge in [-0.05, 0) is 19.3 Å². The minimum Gasteiger partial charge on any atom is -0.390 e. The van der Waals surface area contributed by atoms with Gasteiger partial charge < -0.3 is 15.5 Å². The van der Waals surface area contributed by atoms with Gasteiger partial charge in [-0.15, -0.1) is 0 Å². The van der Waals surface area contributed by atoms with Gasteiger partial charge in [-0.3, -0.25) is 0 Å². The van der Waals surface area contributed by atoms with Gasteiger partial charge in [-0.25, -0.2) is 0 Å². The van der Waals surface area contributed by atoms with Crippen LogP contribution in [-0.2, 0) is 0 Å². The predicted molar refractivity (Wildman–Crippen MR) is 36.6 cm³/mol. The number of hydrogen-bond donors (Lipinski definition) is 3. The van der Waals surface area contributed by atoms with Crippen LogP contribution in [0.4, 0.5) is 0 Å². The molecule has 58 valence electrons. The Hall–Kier alpha value is -0.120. The van der Waals surface area contributed by atoms with Crippen molar-refractivity contribution in [1.29, 1.82) is 0 Å². The Balaban J connectivity index is 2.09. The molecule has 2 rings (SSSR count). The predicted octanol–water partition coefficient (Wildman–Crippen LogP) is -0.768. The summed E-state index contributed by atoms with van der Waals surface area (Å²) in [5, 5.41) is 21.9. The van der Waals surface area contributed by atoms with E-state index in [-0.39, 0.29) is 6.04 Å². The van der Waals surface area contributed by atoms with E-state index in [0.717, 1.165) is 19.3 Å². The van der Waals surface area contributed by atoms with Crippen molar-refractivity contribution in [2.75, 3.05) is 0 Å². The summed E-state index contributed by atoms with van der Waals surface area (Å²) in [5.41, 5.74) is 0. The Morgan fingerprint density at radius 1 is 1.20 bits per heavy atom. The van der Waals surface area contributed by atoms with E-state index in [1.807, 2.05) is 0 Å². The minimum absolute atomic E-state index is 0.161. The first kappa shape index (κ1) is 6.58. The molecule has 0 saturated carbocycles. The van der Waals surface area contributed by atoms with E-state index in [0.29, 0.717) is 6.04 Å². The zero-order valence-corrected chi connectivity index (χ0v) is 5.83. The van der Waals surface area contributed by atoms with Crippen molar-refractivity contribution in [1.82, 2.24) is 5.32 Å². The van der Waals surface area contributed by atoms with Crippen LogP contribution >= 0.6 is 0 Å². The molecule has 3 N–H and O–H groups in total. The number of aliphatic hydroxyl groups excluding tert-OH is 2. The highest BCUT2D eigenvalue weighted by atomic mass is 16.3. The molecule has 0 aliphatic carbocycles. The van der Waals surface area contributed by atoms with Crippen LogP contribution in [-0.4, -0.2) is 34.5 Å². The lowest BCUT2D eigenvalue weighted by Crippen LogP contribution is -2.51. The van der Waals surface area contributed by atoms with E-state index in [1.165, 1.54) is 0 Å². The maximum atomic E-state index is 9.35. The van der Waals surface area contributed by atoms with Gasteiger partial charge >= 0.3 is 0 Å². The average Bonchev–Trinajstić information content (AvgIpc) is 2.29. The zero-order valence-electron chi connectivity index (χ0n) is 5.83. The van der Waals surface area contributed by atoms with Gasteiger partial charge in [-0.1, -0.05) is 0 Å². The lowest BCUT2D eigenvalue weighted by Gasteiger charge is -2.30. The van der Waals surface area contributed by atoms with Gasteiger partial charge in [-0.2, -0.15) is 0 Å². The van der Waals surface area contributed by atoms with Crippen LogP contribution in [0.2, 0.25) is 0 Å². The third-order valence-electron chi connectivity index (χ3n) is 2.61. The molecule has 0 aromatic heterocycles. The highest BCUT2D eigenvalue weighted by Gasteiger charge is 2.39. The normalized spacial score (nSPS) is 53.4. The molecule has 2 bridgehead atoms. The number of fused-ring (bicyclic) bond motifs is 2. The molecule has 0 unspecified atom stereocenters. The number of hydrogen-bond acceptors (Lipinski definition) is 3. The molecule has 0 aromatic carbocycles. The maximum Gasteiger partial charge on any atom is 0.0952 e. The molecular weight excluding hydrogens is 130 g/mol. The van der Waals surface area contributed by atoms with Crippen molar-refractivity contribution in [3.63, 3.8) is 0 Å². The van der Waals surface area contributed by atoms with Crippen LogP contribution in [0.3, 0.4) is 0 Å². The Bertz CT molecular complexity index is 140. The number of aliphatic hydroxyl groups is 2. The fraction of sp³-hybridized carbons (Fsp3) is 1.00. The molecular formula is C7H13NO2. The van der Waals surface area contributed by atoms with Crippen molar-refractivity contribution in [3.05, 3.63) is 0 Å². The highest BCUT2D eigenvalue weighted by Crippen LogP contribution is 2.26. The van der Waals surface area contributed by atoms with Crippen molar-refractivity contribution in [2.45, 2.75) is 43.6 Å². The maximum absolute atomic E-state index is 9.35. The monoisotopic (exact) mass is 143 g/mol. The molecule has 2 saturated heterocycles. The molecule has 3 heteroatoms. The van der Waals surface area contributed by atoms with E-state index >= 15 is 0 Å². The second-order valence-electron chi connectivity index (χ2n) is 3.34. The molecule has 0 radical (unpaired) electrons. The van der Waals surface area contributed by atoms with Gasteiger partial charge in [0.15, 0.2) is 0 Å². The van der Waals surface area contributed by atoms with E-state index in [4.69, 9.17) is 0 Å². The Morgan fingerprint density at radius 3 is 2.80 bits per heavy atom. The summed E-state index contributed by atoms with van der Waals surface area (Å²) in [4.78, 5) is 0. The topological polar surface area (TPSA) is 52.5 Å². The third kappa shape index (κ3) is 0.856. The van der Waals surface area contributed by atoms with Crippen molar-refractivity contribution < 1.29 is 10.2 Å². The Kier molecular flexibility index (Phi) is 1.44. The summed E-state index contributed by atoms with van der Waals surface area (Å²) in [6.07, 6.45) is 1.83. The fourth-order valence-electron chi connectivity index (χ4n) is 2.00. The second-order valence-corrected chi connectivity index (χ2v) is 3.34.